The number of benzene rings is 2. The maximum absolute atomic E-state index is 11.1. The first kappa shape index (κ1) is 11.8. The number of nitrogens with zero attached hydrogens (tertiary/aromatic N) is 1. The second kappa shape index (κ2) is 4.12. The fraction of sp³-hybridized carbons (Fsp3) is 0.188. The van der Waals surface area contributed by atoms with Gasteiger partial charge in [0, 0.05) is 28.4 Å². The highest BCUT2D eigenvalue weighted by molar-refractivity contribution is 6.10. The zero-order valence-corrected chi connectivity index (χ0v) is 11.0. The summed E-state index contributed by atoms with van der Waals surface area (Å²) in [7, 11) is 0. The van der Waals surface area contributed by atoms with E-state index in [0.29, 0.717) is 5.56 Å². The van der Waals surface area contributed by atoms with Crippen LogP contribution < -0.4 is 0 Å². The Hall–Kier alpha value is -2.29. The van der Waals surface area contributed by atoms with Crippen molar-refractivity contribution in [1.82, 2.24) is 4.57 Å². The molecule has 3 nitrogen and oxygen atoms in total. The molecule has 0 aliphatic rings. The molecule has 96 valence electrons. The van der Waals surface area contributed by atoms with Crippen molar-refractivity contribution < 1.29 is 9.90 Å². The molecule has 0 atom stereocenters. The number of aromatic carboxylic acids is 1. The topological polar surface area (TPSA) is 42.2 Å². The fourth-order valence-corrected chi connectivity index (χ4v) is 2.69. The fourth-order valence-electron chi connectivity index (χ4n) is 2.69. The molecule has 3 heteroatoms. The first-order chi connectivity index (χ1) is 9.11. The van der Waals surface area contributed by atoms with E-state index in [9.17, 15) is 4.79 Å². The van der Waals surface area contributed by atoms with Gasteiger partial charge in [-0.25, -0.2) is 4.79 Å². The van der Waals surface area contributed by atoms with Crippen LogP contribution in [0.15, 0.2) is 36.4 Å². The van der Waals surface area contributed by atoms with Gasteiger partial charge in [0.05, 0.1) is 5.56 Å². The van der Waals surface area contributed by atoms with Crippen molar-refractivity contribution in [1.29, 1.82) is 0 Å². The summed E-state index contributed by atoms with van der Waals surface area (Å²) in [6.07, 6.45) is 0. The SMILES string of the molecule is CCn1c2ccc(C)cc2c2cc(C(=O)O)ccc21. The van der Waals surface area contributed by atoms with Crippen LogP contribution in [0.4, 0.5) is 0 Å². The summed E-state index contributed by atoms with van der Waals surface area (Å²) in [5.41, 5.74) is 3.77. The summed E-state index contributed by atoms with van der Waals surface area (Å²) in [6.45, 7) is 5.02. The van der Waals surface area contributed by atoms with E-state index >= 15 is 0 Å². The number of hydrogen-bond acceptors (Lipinski definition) is 1. The Kier molecular flexibility index (Phi) is 2.56. The van der Waals surface area contributed by atoms with Crippen LogP contribution in [0.25, 0.3) is 21.8 Å². The monoisotopic (exact) mass is 253 g/mol. The standard InChI is InChI=1S/C16H15NO2/c1-3-17-14-6-4-10(2)8-12(14)13-9-11(16(18)19)5-7-15(13)17/h4-9H,3H2,1-2H3,(H,18,19). The van der Waals surface area contributed by atoms with Crippen LogP contribution in [0.1, 0.15) is 22.8 Å². The molecule has 1 heterocycles. The smallest absolute Gasteiger partial charge is 0.335 e. The van der Waals surface area contributed by atoms with Crippen LogP contribution in [0.2, 0.25) is 0 Å². The van der Waals surface area contributed by atoms with Gasteiger partial charge in [0.2, 0.25) is 0 Å². The van der Waals surface area contributed by atoms with Crippen LogP contribution in [0.5, 0.6) is 0 Å². The number of fused-ring (bicyclic) bond motifs is 3. The maximum Gasteiger partial charge on any atom is 0.335 e. The van der Waals surface area contributed by atoms with Gasteiger partial charge in [-0.15, -0.1) is 0 Å². The molecule has 0 bridgehead atoms. The van der Waals surface area contributed by atoms with Crippen molar-refractivity contribution in [2.45, 2.75) is 20.4 Å². The van der Waals surface area contributed by atoms with Gasteiger partial charge in [0.15, 0.2) is 0 Å². The second-order valence-electron chi connectivity index (χ2n) is 4.80. The molecule has 2 aromatic carbocycles. The molecule has 3 aromatic rings. The Morgan fingerprint density at radius 3 is 2.37 bits per heavy atom. The van der Waals surface area contributed by atoms with Crippen LogP contribution in [-0.2, 0) is 6.54 Å². The van der Waals surface area contributed by atoms with Gasteiger partial charge >= 0.3 is 5.97 Å². The zero-order chi connectivity index (χ0) is 13.6. The van der Waals surface area contributed by atoms with Crippen molar-refractivity contribution in [3.63, 3.8) is 0 Å². The Balaban J connectivity index is 2.49. The van der Waals surface area contributed by atoms with E-state index in [0.717, 1.165) is 28.4 Å². The summed E-state index contributed by atoms with van der Waals surface area (Å²) < 4.78 is 2.22. The lowest BCUT2D eigenvalue weighted by molar-refractivity contribution is 0.0697. The highest BCUT2D eigenvalue weighted by Gasteiger charge is 2.12. The minimum absolute atomic E-state index is 0.337. The maximum atomic E-state index is 11.1. The van der Waals surface area contributed by atoms with Crippen molar-refractivity contribution in [2.24, 2.45) is 0 Å². The lowest BCUT2D eigenvalue weighted by Gasteiger charge is -2.02. The Bertz CT molecular complexity index is 799. The van der Waals surface area contributed by atoms with Crippen molar-refractivity contribution >= 4 is 27.8 Å². The predicted octanol–water partition coefficient (Wildman–Crippen LogP) is 3.82. The summed E-state index contributed by atoms with van der Waals surface area (Å²) in [4.78, 5) is 11.1. The van der Waals surface area contributed by atoms with Crippen LogP contribution in [-0.4, -0.2) is 15.6 Å². The molecule has 0 aliphatic heterocycles. The van der Waals surface area contributed by atoms with Gasteiger partial charge in [-0.3, -0.25) is 0 Å². The summed E-state index contributed by atoms with van der Waals surface area (Å²) in [5.74, 6) is -0.882. The van der Waals surface area contributed by atoms with E-state index in [-0.39, 0.29) is 0 Å². The molecule has 0 radical (unpaired) electrons. The minimum Gasteiger partial charge on any atom is -0.478 e. The van der Waals surface area contributed by atoms with Gasteiger partial charge in [-0.1, -0.05) is 11.6 Å². The molecular formula is C16H15NO2. The van der Waals surface area contributed by atoms with Crippen LogP contribution >= 0.6 is 0 Å². The van der Waals surface area contributed by atoms with E-state index in [1.54, 1.807) is 12.1 Å². The van der Waals surface area contributed by atoms with Crippen LogP contribution in [0.3, 0.4) is 0 Å². The van der Waals surface area contributed by atoms with Crippen molar-refractivity contribution in [2.75, 3.05) is 0 Å². The van der Waals surface area contributed by atoms with Crippen molar-refractivity contribution in [3.05, 3.63) is 47.5 Å². The summed E-state index contributed by atoms with van der Waals surface area (Å²) in [5, 5.41) is 11.3. The molecule has 0 saturated carbocycles. The average molecular weight is 253 g/mol. The third-order valence-corrected chi connectivity index (χ3v) is 3.58. The van der Waals surface area contributed by atoms with E-state index in [1.165, 1.54) is 5.56 Å². The number of aryl methyl sites for hydroxylation is 2. The molecule has 0 fully saturated rings. The highest BCUT2D eigenvalue weighted by Crippen LogP contribution is 2.30. The second-order valence-corrected chi connectivity index (χ2v) is 4.80. The molecule has 0 amide bonds. The third-order valence-electron chi connectivity index (χ3n) is 3.58. The van der Waals surface area contributed by atoms with Gasteiger partial charge in [-0.2, -0.15) is 0 Å². The highest BCUT2D eigenvalue weighted by atomic mass is 16.4. The van der Waals surface area contributed by atoms with Gasteiger partial charge < -0.3 is 9.67 Å². The van der Waals surface area contributed by atoms with Gasteiger partial charge in [0.1, 0.15) is 0 Å². The number of aromatic nitrogens is 1. The van der Waals surface area contributed by atoms with Crippen LogP contribution in [0, 0.1) is 6.92 Å². The normalized spacial score (nSPS) is 11.3. The number of carboxylic acids is 1. The zero-order valence-electron chi connectivity index (χ0n) is 11.0. The molecule has 0 saturated heterocycles. The van der Waals surface area contributed by atoms with E-state index < -0.39 is 5.97 Å². The summed E-state index contributed by atoms with van der Waals surface area (Å²) >= 11 is 0. The summed E-state index contributed by atoms with van der Waals surface area (Å²) in [6, 6.07) is 11.7. The van der Waals surface area contributed by atoms with Gasteiger partial charge in [0.25, 0.3) is 0 Å². The third kappa shape index (κ3) is 1.70. The molecule has 19 heavy (non-hydrogen) atoms. The number of rotatable bonds is 2. The van der Waals surface area contributed by atoms with E-state index in [2.05, 4.69) is 36.6 Å². The van der Waals surface area contributed by atoms with E-state index in [1.807, 2.05) is 6.07 Å². The molecule has 1 aromatic heterocycles. The van der Waals surface area contributed by atoms with Crippen molar-refractivity contribution in [3.8, 4) is 0 Å². The Morgan fingerprint density at radius 2 is 1.74 bits per heavy atom. The molecule has 0 aliphatic carbocycles. The molecule has 1 N–H and O–H groups in total. The Morgan fingerprint density at radius 1 is 1.11 bits per heavy atom. The average Bonchev–Trinajstić information content (AvgIpc) is 2.71. The number of carboxylic acid groups (broad SMARTS) is 1. The number of carbonyl (C=O) groups is 1. The largest absolute Gasteiger partial charge is 0.478 e. The van der Waals surface area contributed by atoms with E-state index in [4.69, 9.17) is 5.11 Å². The molecular weight excluding hydrogens is 238 g/mol. The Labute approximate surface area is 111 Å². The first-order valence-electron chi connectivity index (χ1n) is 6.37. The quantitative estimate of drug-likeness (QED) is 0.754. The van der Waals surface area contributed by atoms with Gasteiger partial charge in [-0.05, 0) is 44.2 Å². The minimum atomic E-state index is -0.882. The predicted molar refractivity (Wildman–Crippen MR) is 76.8 cm³/mol. The first-order valence-corrected chi connectivity index (χ1v) is 6.37. The molecule has 0 spiro atoms. The molecule has 0 unspecified atom stereocenters. The lowest BCUT2D eigenvalue weighted by Crippen LogP contribution is -1.96. The lowest BCUT2D eigenvalue weighted by atomic mass is 10.1. The number of hydrogen-bond donors (Lipinski definition) is 1. The molecule has 3 rings (SSSR count).